The maximum atomic E-state index is 12.1. The lowest BCUT2D eigenvalue weighted by Gasteiger charge is -2.07. The zero-order valence-electron chi connectivity index (χ0n) is 9.47. The van der Waals surface area contributed by atoms with Crippen LogP contribution in [0.15, 0.2) is 34.9 Å². The van der Waals surface area contributed by atoms with Crippen LogP contribution in [0.25, 0.3) is 11.0 Å². The molecule has 1 atom stereocenters. The Kier molecular flexibility index (Phi) is 2.95. The molecular formula is C13H13NO3. The minimum atomic E-state index is -0.781. The van der Waals surface area contributed by atoms with Gasteiger partial charge in [0.25, 0.3) is 0 Å². The fourth-order valence-corrected chi connectivity index (χ4v) is 1.87. The minimum absolute atomic E-state index is 0.273. The van der Waals surface area contributed by atoms with E-state index in [-0.39, 0.29) is 5.78 Å². The first-order valence-corrected chi connectivity index (χ1v) is 5.45. The van der Waals surface area contributed by atoms with Crippen molar-refractivity contribution in [2.75, 3.05) is 0 Å². The molecule has 1 aromatic heterocycles. The number of primary amides is 1. The molecule has 0 fully saturated rings. The summed E-state index contributed by atoms with van der Waals surface area (Å²) in [5.41, 5.74) is 6.26. The van der Waals surface area contributed by atoms with E-state index in [0.717, 1.165) is 5.39 Å². The van der Waals surface area contributed by atoms with E-state index in [1.165, 1.54) is 6.26 Å². The number of amides is 1. The summed E-state index contributed by atoms with van der Waals surface area (Å²) in [6, 6.07) is 7.21. The lowest BCUT2D eigenvalue weighted by molar-refractivity contribution is -0.120. The van der Waals surface area contributed by atoms with Gasteiger partial charge in [-0.2, -0.15) is 0 Å². The van der Waals surface area contributed by atoms with E-state index in [0.29, 0.717) is 17.6 Å². The molecule has 1 aromatic carbocycles. The maximum Gasteiger partial charge on any atom is 0.228 e. The van der Waals surface area contributed by atoms with E-state index in [9.17, 15) is 9.59 Å². The van der Waals surface area contributed by atoms with Crippen LogP contribution >= 0.6 is 0 Å². The topological polar surface area (TPSA) is 73.3 Å². The predicted molar refractivity (Wildman–Crippen MR) is 63.5 cm³/mol. The summed E-state index contributed by atoms with van der Waals surface area (Å²) in [7, 11) is 0. The molecule has 4 heteroatoms. The normalized spacial score (nSPS) is 12.5. The Balaban J connectivity index is 2.46. The first kappa shape index (κ1) is 11.4. The number of benzene rings is 1. The molecule has 0 saturated carbocycles. The van der Waals surface area contributed by atoms with Gasteiger partial charge in [0, 0.05) is 5.39 Å². The highest BCUT2D eigenvalue weighted by Crippen LogP contribution is 2.24. The average Bonchev–Trinajstić information content (AvgIpc) is 2.72. The lowest BCUT2D eigenvalue weighted by Crippen LogP contribution is -2.29. The fourth-order valence-electron chi connectivity index (χ4n) is 1.87. The van der Waals surface area contributed by atoms with E-state index in [1.807, 2.05) is 12.1 Å². The van der Waals surface area contributed by atoms with Gasteiger partial charge >= 0.3 is 0 Å². The number of fused-ring (bicyclic) bond motifs is 1. The number of nitrogens with two attached hydrogens (primary N) is 1. The van der Waals surface area contributed by atoms with Crippen molar-refractivity contribution < 1.29 is 14.0 Å². The number of para-hydroxylation sites is 1. The van der Waals surface area contributed by atoms with Gasteiger partial charge in [-0.3, -0.25) is 9.59 Å². The van der Waals surface area contributed by atoms with Crippen molar-refractivity contribution in [3.05, 3.63) is 36.1 Å². The van der Waals surface area contributed by atoms with Gasteiger partial charge in [-0.1, -0.05) is 25.1 Å². The van der Waals surface area contributed by atoms with E-state index in [1.54, 1.807) is 19.1 Å². The van der Waals surface area contributed by atoms with Crippen LogP contribution in [0.3, 0.4) is 0 Å². The molecule has 2 rings (SSSR count). The SMILES string of the molecule is CCC(C(N)=O)C(=O)c1coc2ccccc12. The summed E-state index contributed by atoms with van der Waals surface area (Å²) < 4.78 is 5.27. The monoisotopic (exact) mass is 231 g/mol. The van der Waals surface area contributed by atoms with E-state index < -0.39 is 11.8 Å². The molecule has 1 heterocycles. The molecule has 2 N–H and O–H groups in total. The molecular weight excluding hydrogens is 218 g/mol. The zero-order chi connectivity index (χ0) is 12.4. The van der Waals surface area contributed by atoms with Crippen LogP contribution in [0, 0.1) is 5.92 Å². The Bertz CT molecular complexity index is 571. The number of hydrogen-bond donors (Lipinski definition) is 1. The third kappa shape index (κ3) is 1.93. The van der Waals surface area contributed by atoms with Crippen LogP contribution in [-0.4, -0.2) is 11.7 Å². The molecule has 0 spiro atoms. The molecule has 0 aliphatic carbocycles. The van der Waals surface area contributed by atoms with Gasteiger partial charge in [0.05, 0.1) is 5.56 Å². The van der Waals surface area contributed by atoms with Crippen molar-refractivity contribution in [2.45, 2.75) is 13.3 Å². The Morgan fingerprint density at radius 2 is 2.06 bits per heavy atom. The highest BCUT2D eigenvalue weighted by molar-refractivity contribution is 6.15. The van der Waals surface area contributed by atoms with E-state index in [4.69, 9.17) is 10.2 Å². The highest BCUT2D eigenvalue weighted by atomic mass is 16.3. The van der Waals surface area contributed by atoms with Crippen LogP contribution in [0.1, 0.15) is 23.7 Å². The molecule has 1 unspecified atom stereocenters. The summed E-state index contributed by atoms with van der Waals surface area (Å²) in [5.74, 6) is -1.65. The smallest absolute Gasteiger partial charge is 0.228 e. The van der Waals surface area contributed by atoms with Crippen LogP contribution in [0.4, 0.5) is 0 Å². The Morgan fingerprint density at radius 1 is 1.35 bits per heavy atom. The second kappa shape index (κ2) is 4.41. The number of furan rings is 1. The van der Waals surface area contributed by atoms with Gasteiger partial charge < -0.3 is 10.2 Å². The number of hydrogen-bond acceptors (Lipinski definition) is 3. The van der Waals surface area contributed by atoms with Gasteiger partial charge in [0.1, 0.15) is 17.8 Å². The molecule has 0 aliphatic heterocycles. The van der Waals surface area contributed by atoms with Crippen molar-refractivity contribution in [3.8, 4) is 0 Å². The molecule has 2 aromatic rings. The highest BCUT2D eigenvalue weighted by Gasteiger charge is 2.26. The van der Waals surface area contributed by atoms with Crippen molar-refractivity contribution >= 4 is 22.7 Å². The van der Waals surface area contributed by atoms with E-state index in [2.05, 4.69) is 0 Å². The molecule has 17 heavy (non-hydrogen) atoms. The van der Waals surface area contributed by atoms with Crippen molar-refractivity contribution in [3.63, 3.8) is 0 Å². The van der Waals surface area contributed by atoms with Gasteiger partial charge in [-0.15, -0.1) is 0 Å². The largest absolute Gasteiger partial charge is 0.464 e. The molecule has 0 radical (unpaired) electrons. The van der Waals surface area contributed by atoms with Crippen molar-refractivity contribution in [1.82, 2.24) is 0 Å². The van der Waals surface area contributed by atoms with Gasteiger partial charge in [-0.25, -0.2) is 0 Å². The van der Waals surface area contributed by atoms with Crippen LogP contribution < -0.4 is 5.73 Å². The average molecular weight is 231 g/mol. The fraction of sp³-hybridized carbons (Fsp3) is 0.231. The second-order valence-corrected chi connectivity index (χ2v) is 3.87. The quantitative estimate of drug-likeness (QED) is 0.647. The molecule has 0 bridgehead atoms. The number of Topliss-reactive ketones (excluding diaryl/α,β-unsaturated/α-hetero) is 1. The second-order valence-electron chi connectivity index (χ2n) is 3.87. The summed E-state index contributed by atoms with van der Waals surface area (Å²) >= 11 is 0. The molecule has 0 saturated heterocycles. The molecule has 4 nitrogen and oxygen atoms in total. The number of carbonyl (C=O) groups is 2. The van der Waals surface area contributed by atoms with Gasteiger partial charge in [0.2, 0.25) is 5.91 Å². The summed E-state index contributed by atoms with van der Waals surface area (Å²) in [4.78, 5) is 23.3. The van der Waals surface area contributed by atoms with Crippen molar-refractivity contribution in [2.24, 2.45) is 11.7 Å². The Hall–Kier alpha value is -2.10. The zero-order valence-corrected chi connectivity index (χ0v) is 9.47. The third-order valence-electron chi connectivity index (χ3n) is 2.81. The molecule has 88 valence electrons. The number of ketones is 1. The molecule has 0 aliphatic rings. The maximum absolute atomic E-state index is 12.1. The van der Waals surface area contributed by atoms with Crippen molar-refractivity contribution in [1.29, 1.82) is 0 Å². The summed E-state index contributed by atoms with van der Waals surface area (Å²) in [6.45, 7) is 1.76. The molecule has 1 amide bonds. The third-order valence-corrected chi connectivity index (χ3v) is 2.81. The first-order valence-electron chi connectivity index (χ1n) is 5.45. The van der Waals surface area contributed by atoms with Crippen LogP contribution in [0.5, 0.6) is 0 Å². The van der Waals surface area contributed by atoms with Crippen LogP contribution in [-0.2, 0) is 4.79 Å². The van der Waals surface area contributed by atoms with Crippen LogP contribution in [0.2, 0.25) is 0 Å². The predicted octanol–water partition coefficient (Wildman–Crippen LogP) is 2.13. The summed E-state index contributed by atoms with van der Waals surface area (Å²) in [6.07, 6.45) is 1.78. The van der Waals surface area contributed by atoms with Gasteiger partial charge in [-0.05, 0) is 12.5 Å². The Labute approximate surface area is 98.4 Å². The van der Waals surface area contributed by atoms with E-state index >= 15 is 0 Å². The van der Waals surface area contributed by atoms with Gasteiger partial charge in [0.15, 0.2) is 5.78 Å². The number of carbonyl (C=O) groups excluding carboxylic acids is 2. The number of rotatable bonds is 4. The Morgan fingerprint density at radius 3 is 2.71 bits per heavy atom. The summed E-state index contributed by atoms with van der Waals surface area (Å²) in [5, 5.41) is 0.720. The first-order chi connectivity index (χ1) is 8.15. The lowest BCUT2D eigenvalue weighted by atomic mass is 9.94. The minimum Gasteiger partial charge on any atom is -0.464 e. The standard InChI is InChI=1S/C13H13NO3/c1-2-8(13(14)16)12(15)10-7-17-11-6-4-3-5-9(10)11/h3-8H,2H2,1H3,(H2,14,16).